The fraction of sp³-hybridized carbons (Fsp3) is 0.0769. The smallest absolute Gasteiger partial charge is 0.180 e. The Labute approximate surface area is 125 Å². The lowest BCUT2D eigenvalue weighted by atomic mass is 10.3. The molecule has 0 aliphatic carbocycles. The van der Waals surface area contributed by atoms with Crippen molar-refractivity contribution in [3.63, 3.8) is 0 Å². The molecule has 0 bridgehead atoms. The molecule has 1 aromatic carbocycles. The van der Waals surface area contributed by atoms with E-state index in [-0.39, 0.29) is 0 Å². The molecule has 20 heavy (non-hydrogen) atoms. The molecule has 2 aromatic heterocycles. The van der Waals surface area contributed by atoms with E-state index in [1.54, 1.807) is 24.4 Å². The molecule has 0 radical (unpaired) electrons. The third-order valence-electron chi connectivity index (χ3n) is 2.81. The first-order valence-electron chi connectivity index (χ1n) is 5.91. The van der Waals surface area contributed by atoms with Gasteiger partial charge in [0.1, 0.15) is 5.82 Å². The summed E-state index contributed by atoms with van der Waals surface area (Å²) in [5.41, 5.74) is 1.44. The first-order chi connectivity index (χ1) is 9.67. The molecular formula is C13H11Cl2N5. The van der Waals surface area contributed by atoms with Gasteiger partial charge in [-0.1, -0.05) is 23.2 Å². The third kappa shape index (κ3) is 2.37. The Morgan fingerprint density at radius 1 is 1.25 bits per heavy atom. The van der Waals surface area contributed by atoms with Crippen LogP contribution in [0.5, 0.6) is 0 Å². The number of fused-ring (bicyclic) bond motifs is 1. The van der Waals surface area contributed by atoms with Gasteiger partial charge in [-0.15, -0.1) is 0 Å². The number of hydrogen-bond donors (Lipinski definition) is 2. The quantitative estimate of drug-likeness (QED) is 0.772. The van der Waals surface area contributed by atoms with Crippen LogP contribution in [0.25, 0.3) is 5.65 Å². The maximum atomic E-state index is 6.16. The number of rotatable bonds is 3. The first-order valence-corrected chi connectivity index (χ1v) is 6.66. The molecule has 0 amide bonds. The average Bonchev–Trinajstić information content (AvgIpc) is 2.90. The van der Waals surface area contributed by atoms with Gasteiger partial charge in [0.05, 0.1) is 16.9 Å². The Balaban J connectivity index is 2.07. The highest BCUT2D eigenvalue weighted by atomic mass is 35.5. The molecule has 5 nitrogen and oxygen atoms in total. The summed E-state index contributed by atoms with van der Waals surface area (Å²) in [4.78, 5) is 8.73. The van der Waals surface area contributed by atoms with E-state index in [0.717, 1.165) is 17.2 Å². The number of nitrogens with zero attached hydrogens (tertiary/aromatic N) is 3. The number of halogens is 2. The van der Waals surface area contributed by atoms with E-state index in [0.29, 0.717) is 15.9 Å². The molecule has 0 saturated heterocycles. The monoisotopic (exact) mass is 307 g/mol. The van der Waals surface area contributed by atoms with E-state index in [2.05, 4.69) is 20.6 Å². The minimum absolute atomic E-state index is 0.527. The highest BCUT2D eigenvalue weighted by Crippen LogP contribution is 2.29. The largest absolute Gasteiger partial charge is 0.372 e. The van der Waals surface area contributed by atoms with E-state index in [9.17, 15) is 0 Å². The van der Waals surface area contributed by atoms with Crippen molar-refractivity contribution >= 4 is 46.2 Å². The van der Waals surface area contributed by atoms with E-state index in [1.165, 1.54) is 0 Å². The molecule has 3 aromatic rings. The topological polar surface area (TPSA) is 54.2 Å². The van der Waals surface area contributed by atoms with Crippen molar-refractivity contribution in [3.8, 4) is 0 Å². The van der Waals surface area contributed by atoms with E-state index < -0.39 is 0 Å². The summed E-state index contributed by atoms with van der Waals surface area (Å²) in [6.07, 6.45) is 5.43. The predicted molar refractivity (Wildman–Crippen MR) is 82.3 cm³/mol. The fourth-order valence-corrected chi connectivity index (χ4v) is 2.31. The van der Waals surface area contributed by atoms with Crippen LogP contribution in [-0.2, 0) is 0 Å². The van der Waals surface area contributed by atoms with Crippen LogP contribution in [0.3, 0.4) is 0 Å². The van der Waals surface area contributed by atoms with Crippen LogP contribution < -0.4 is 10.6 Å². The van der Waals surface area contributed by atoms with Crippen molar-refractivity contribution in [3.05, 3.63) is 46.8 Å². The zero-order chi connectivity index (χ0) is 14.1. The highest BCUT2D eigenvalue weighted by molar-refractivity contribution is 6.36. The van der Waals surface area contributed by atoms with Gasteiger partial charge in [-0.3, -0.25) is 0 Å². The molecule has 7 heteroatoms. The summed E-state index contributed by atoms with van der Waals surface area (Å²) >= 11 is 12.1. The SMILES string of the molecule is CNc1cn2ccnc2c(Nc2ccc(Cl)cc2Cl)n1. The Morgan fingerprint density at radius 3 is 2.85 bits per heavy atom. The maximum absolute atomic E-state index is 6.16. The average molecular weight is 308 g/mol. The van der Waals surface area contributed by atoms with Gasteiger partial charge < -0.3 is 15.0 Å². The van der Waals surface area contributed by atoms with E-state index >= 15 is 0 Å². The van der Waals surface area contributed by atoms with Gasteiger partial charge >= 0.3 is 0 Å². The van der Waals surface area contributed by atoms with Gasteiger partial charge in [-0.25, -0.2) is 9.97 Å². The standard InChI is InChI=1S/C13H11Cl2N5/c1-16-11-7-20-5-4-17-13(20)12(19-11)18-10-3-2-8(14)6-9(10)15/h2-7,16H,1H3,(H,18,19). The molecular weight excluding hydrogens is 297 g/mol. The zero-order valence-electron chi connectivity index (χ0n) is 10.6. The second-order valence-electron chi connectivity index (χ2n) is 4.13. The van der Waals surface area contributed by atoms with Gasteiger partial charge in [0.2, 0.25) is 0 Å². The lowest BCUT2D eigenvalue weighted by molar-refractivity contribution is 1.12. The Morgan fingerprint density at radius 2 is 2.10 bits per heavy atom. The van der Waals surface area contributed by atoms with Crippen LogP contribution in [-0.4, -0.2) is 21.4 Å². The lowest BCUT2D eigenvalue weighted by Gasteiger charge is -2.10. The molecule has 0 fully saturated rings. The second kappa shape index (κ2) is 5.19. The molecule has 2 N–H and O–H groups in total. The molecule has 0 atom stereocenters. The van der Waals surface area contributed by atoms with Crippen LogP contribution in [0, 0.1) is 0 Å². The lowest BCUT2D eigenvalue weighted by Crippen LogP contribution is -2.02. The minimum Gasteiger partial charge on any atom is -0.372 e. The van der Waals surface area contributed by atoms with Crippen LogP contribution >= 0.6 is 23.2 Å². The van der Waals surface area contributed by atoms with Crippen LogP contribution in [0.2, 0.25) is 10.0 Å². The van der Waals surface area contributed by atoms with E-state index in [4.69, 9.17) is 23.2 Å². The Hall–Kier alpha value is -1.98. The number of hydrogen-bond acceptors (Lipinski definition) is 4. The van der Waals surface area contributed by atoms with Crippen molar-refractivity contribution in [2.75, 3.05) is 17.7 Å². The van der Waals surface area contributed by atoms with Crippen LogP contribution in [0.4, 0.5) is 17.3 Å². The molecule has 2 heterocycles. The first kappa shape index (κ1) is 13.0. The number of aromatic nitrogens is 3. The summed E-state index contributed by atoms with van der Waals surface area (Å²) in [7, 11) is 1.81. The van der Waals surface area contributed by atoms with Crippen molar-refractivity contribution in [2.24, 2.45) is 0 Å². The minimum atomic E-state index is 0.527. The van der Waals surface area contributed by atoms with Crippen molar-refractivity contribution in [1.29, 1.82) is 0 Å². The third-order valence-corrected chi connectivity index (χ3v) is 3.36. The molecule has 102 valence electrons. The summed E-state index contributed by atoms with van der Waals surface area (Å²) < 4.78 is 1.88. The second-order valence-corrected chi connectivity index (χ2v) is 4.98. The summed E-state index contributed by atoms with van der Waals surface area (Å²) in [6.45, 7) is 0. The summed E-state index contributed by atoms with van der Waals surface area (Å²) in [5, 5.41) is 7.30. The van der Waals surface area contributed by atoms with Gasteiger partial charge in [-0.05, 0) is 18.2 Å². The van der Waals surface area contributed by atoms with Gasteiger partial charge in [0, 0.05) is 24.5 Å². The zero-order valence-corrected chi connectivity index (χ0v) is 12.1. The van der Waals surface area contributed by atoms with E-state index in [1.807, 2.05) is 23.8 Å². The molecule has 0 aliphatic heterocycles. The number of benzene rings is 1. The summed E-state index contributed by atoms with van der Waals surface area (Å²) in [6, 6.07) is 5.24. The molecule has 0 aliphatic rings. The molecule has 3 rings (SSSR count). The van der Waals surface area contributed by atoms with Crippen molar-refractivity contribution < 1.29 is 0 Å². The Kier molecular flexibility index (Phi) is 3.38. The summed E-state index contributed by atoms with van der Waals surface area (Å²) in [5.74, 6) is 1.34. The highest BCUT2D eigenvalue weighted by Gasteiger charge is 2.09. The van der Waals surface area contributed by atoms with Gasteiger partial charge in [-0.2, -0.15) is 0 Å². The molecule has 0 saturated carbocycles. The molecule has 0 spiro atoms. The van der Waals surface area contributed by atoms with Crippen LogP contribution in [0.15, 0.2) is 36.8 Å². The van der Waals surface area contributed by atoms with Crippen molar-refractivity contribution in [1.82, 2.24) is 14.4 Å². The maximum Gasteiger partial charge on any atom is 0.180 e. The Bertz CT molecular complexity index is 769. The number of anilines is 3. The number of nitrogens with one attached hydrogen (secondary N) is 2. The molecule has 0 unspecified atom stereocenters. The fourth-order valence-electron chi connectivity index (χ4n) is 1.85. The predicted octanol–water partition coefficient (Wildman–Crippen LogP) is 3.82. The normalized spacial score (nSPS) is 10.8. The van der Waals surface area contributed by atoms with Gasteiger partial charge in [0.15, 0.2) is 11.5 Å². The van der Waals surface area contributed by atoms with Crippen molar-refractivity contribution in [2.45, 2.75) is 0 Å². The number of imidazole rings is 1. The van der Waals surface area contributed by atoms with Gasteiger partial charge in [0.25, 0.3) is 0 Å². The van der Waals surface area contributed by atoms with Crippen LogP contribution in [0.1, 0.15) is 0 Å².